The zero-order valence-electron chi connectivity index (χ0n) is 9.45. The summed E-state index contributed by atoms with van der Waals surface area (Å²) in [6.07, 6.45) is 3.17. The Labute approximate surface area is 86.5 Å². The second-order valence-electron chi connectivity index (χ2n) is 4.16. The lowest BCUT2D eigenvalue weighted by atomic mass is 10.1. The van der Waals surface area contributed by atoms with Crippen molar-refractivity contribution in [2.75, 3.05) is 6.61 Å². The van der Waals surface area contributed by atoms with Crippen molar-refractivity contribution in [2.45, 2.75) is 52.6 Å². The number of carboxylic acid groups (broad SMARTS) is 1. The molecule has 0 heterocycles. The van der Waals surface area contributed by atoms with Crippen LogP contribution in [0.25, 0.3) is 0 Å². The minimum Gasteiger partial charge on any atom is -0.481 e. The number of carboxylic acids is 1. The van der Waals surface area contributed by atoms with Gasteiger partial charge in [0.1, 0.15) is 0 Å². The first-order chi connectivity index (χ1) is 6.52. The van der Waals surface area contributed by atoms with Gasteiger partial charge in [0.05, 0.1) is 6.10 Å². The molecule has 0 amide bonds. The molecule has 0 fully saturated rings. The number of hydrogen-bond donors (Lipinski definition) is 1. The molecule has 0 aromatic carbocycles. The molecular weight excluding hydrogens is 180 g/mol. The largest absolute Gasteiger partial charge is 0.481 e. The second-order valence-corrected chi connectivity index (χ2v) is 4.16. The van der Waals surface area contributed by atoms with Crippen molar-refractivity contribution in [3.05, 3.63) is 0 Å². The van der Waals surface area contributed by atoms with Crippen molar-refractivity contribution < 1.29 is 14.6 Å². The van der Waals surface area contributed by atoms with Gasteiger partial charge in [-0.2, -0.15) is 0 Å². The smallest absolute Gasteiger partial charge is 0.303 e. The topological polar surface area (TPSA) is 46.5 Å². The molecule has 0 aliphatic carbocycles. The highest BCUT2D eigenvalue weighted by Crippen LogP contribution is 2.08. The van der Waals surface area contributed by atoms with Crippen LogP contribution in [0.2, 0.25) is 0 Å². The monoisotopic (exact) mass is 202 g/mol. The van der Waals surface area contributed by atoms with E-state index in [1.54, 1.807) is 0 Å². The molecule has 0 aliphatic heterocycles. The van der Waals surface area contributed by atoms with Crippen LogP contribution in [0.3, 0.4) is 0 Å². The van der Waals surface area contributed by atoms with Crippen molar-refractivity contribution in [1.29, 1.82) is 0 Å². The number of carbonyl (C=O) groups is 1. The maximum Gasteiger partial charge on any atom is 0.303 e. The molecule has 84 valence electrons. The normalized spacial score (nSPS) is 13.1. The third-order valence-electron chi connectivity index (χ3n) is 1.99. The Bertz CT molecular complexity index is 155. The fourth-order valence-electron chi connectivity index (χ4n) is 1.39. The van der Waals surface area contributed by atoms with Gasteiger partial charge in [0, 0.05) is 13.0 Å². The summed E-state index contributed by atoms with van der Waals surface area (Å²) in [5.41, 5.74) is 0. The van der Waals surface area contributed by atoms with Gasteiger partial charge in [0.25, 0.3) is 0 Å². The highest BCUT2D eigenvalue weighted by Gasteiger charge is 2.04. The molecule has 0 bridgehead atoms. The van der Waals surface area contributed by atoms with E-state index in [1.807, 2.05) is 0 Å². The first-order valence-electron chi connectivity index (χ1n) is 5.35. The van der Waals surface area contributed by atoms with Gasteiger partial charge in [0.2, 0.25) is 0 Å². The van der Waals surface area contributed by atoms with Crippen LogP contribution in [0.4, 0.5) is 0 Å². The van der Waals surface area contributed by atoms with E-state index >= 15 is 0 Å². The van der Waals surface area contributed by atoms with E-state index in [9.17, 15) is 4.79 Å². The van der Waals surface area contributed by atoms with E-state index in [1.165, 1.54) is 0 Å². The van der Waals surface area contributed by atoms with E-state index in [0.717, 1.165) is 12.8 Å². The van der Waals surface area contributed by atoms with Gasteiger partial charge in [-0.05, 0) is 32.1 Å². The first-order valence-corrected chi connectivity index (χ1v) is 5.35. The van der Waals surface area contributed by atoms with Gasteiger partial charge in [-0.3, -0.25) is 4.79 Å². The second kappa shape index (κ2) is 7.80. The molecule has 0 aromatic rings. The molecule has 3 heteroatoms. The summed E-state index contributed by atoms with van der Waals surface area (Å²) in [5.74, 6) is -0.0655. The van der Waals surface area contributed by atoms with Crippen LogP contribution in [0, 0.1) is 5.92 Å². The number of ether oxygens (including phenoxy) is 1. The lowest BCUT2D eigenvalue weighted by Gasteiger charge is -2.14. The molecule has 0 saturated carbocycles. The van der Waals surface area contributed by atoms with Crippen molar-refractivity contribution in [3.8, 4) is 0 Å². The summed E-state index contributed by atoms with van der Waals surface area (Å²) in [6.45, 7) is 7.09. The minimum atomic E-state index is -0.722. The van der Waals surface area contributed by atoms with Gasteiger partial charge >= 0.3 is 5.97 Å². The predicted octanol–water partition coefficient (Wildman–Crippen LogP) is 2.69. The van der Waals surface area contributed by atoms with Crippen LogP contribution < -0.4 is 0 Å². The highest BCUT2D eigenvalue weighted by atomic mass is 16.5. The average molecular weight is 202 g/mol. The summed E-state index contributed by atoms with van der Waals surface area (Å²) in [4.78, 5) is 10.2. The van der Waals surface area contributed by atoms with Crippen LogP contribution in [-0.2, 0) is 9.53 Å². The molecule has 0 aromatic heterocycles. The molecule has 0 aliphatic rings. The standard InChI is InChI=1S/C11H22O3/c1-9(2)8-10(3)14-7-5-4-6-11(12)13/h9-10H,4-8H2,1-3H3,(H,12,13). The maximum absolute atomic E-state index is 10.2. The van der Waals surface area contributed by atoms with Crippen molar-refractivity contribution in [3.63, 3.8) is 0 Å². The minimum absolute atomic E-state index is 0.252. The summed E-state index contributed by atoms with van der Waals surface area (Å²) in [7, 11) is 0. The molecule has 1 atom stereocenters. The van der Waals surface area contributed by atoms with Gasteiger partial charge in [-0.15, -0.1) is 0 Å². The van der Waals surface area contributed by atoms with E-state index < -0.39 is 5.97 Å². The van der Waals surface area contributed by atoms with E-state index in [0.29, 0.717) is 25.0 Å². The number of rotatable bonds is 8. The van der Waals surface area contributed by atoms with Crippen LogP contribution >= 0.6 is 0 Å². The molecule has 3 nitrogen and oxygen atoms in total. The zero-order chi connectivity index (χ0) is 11.0. The Kier molecular flexibility index (Phi) is 7.48. The Hall–Kier alpha value is -0.570. The third-order valence-corrected chi connectivity index (χ3v) is 1.99. The SMILES string of the molecule is CC(C)CC(C)OCCCCC(=O)O. The first kappa shape index (κ1) is 13.4. The lowest BCUT2D eigenvalue weighted by Crippen LogP contribution is -2.12. The lowest BCUT2D eigenvalue weighted by molar-refractivity contribution is -0.137. The fraction of sp³-hybridized carbons (Fsp3) is 0.909. The zero-order valence-corrected chi connectivity index (χ0v) is 9.45. The molecule has 0 rings (SSSR count). The van der Waals surface area contributed by atoms with E-state index in [-0.39, 0.29) is 6.42 Å². The number of unbranched alkanes of at least 4 members (excludes halogenated alkanes) is 1. The third kappa shape index (κ3) is 9.52. The van der Waals surface area contributed by atoms with Crippen molar-refractivity contribution >= 4 is 5.97 Å². The summed E-state index contributed by atoms with van der Waals surface area (Å²) >= 11 is 0. The molecule has 0 saturated heterocycles. The molecule has 0 radical (unpaired) electrons. The van der Waals surface area contributed by atoms with Crippen LogP contribution in [0.15, 0.2) is 0 Å². The molecule has 0 spiro atoms. The highest BCUT2D eigenvalue weighted by molar-refractivity contribution is 5.66. The Morgan fingerprint density at radius 1 is 1.29 bits per heavy atom. The molecule has 1 unspecified atom stereocenters. The molecule has 14 heavy (non-hydrogen) atoms. The van der Waals surface area contributed by atoms with Gasteiger partial charge < -0.3 is 9.84 Å². The van der Waals surface area contributed by atoms with Crippen LogP contribution in [0.1, 0.15) is 46.5 Å². The maximum atomic E-state index is 10.2. The van der Waals surface area contributed by atoms with E-state index in [2.05, 4.69) is 20.8 Å². The predicted molar refractivity (Wildman–Crippen MR) is 56.4 cm³/mol. The van der Waals surface area contributed by atoms with Crippen molar-refractivity contribution in [1.82, 2.24) is 0 Å². The van der Waals surface area contributed by atoms with Gasteiger partial charge in [0.15, 0.2) is 0 Å². The summed E-state index contributed by atoms with van der Waals surface area (Å²) < 4.78 is 5.54. The van der Waals surface area contributed by atoms with Crippen molar-refractivity contribution in [2.24, 2.45) is 5.92 Å². The Morgan fingerprint density at radius 3 is 2.43 bits per heavy atom. The summed E-state index contributed by atoms with van der Waals surface area (Å²) in [5, 5.41) is 8.40. The quantitative estimate of drug-likeness (QED) is 0.615. The summed E-state index contributed by atoms with van der Waals surface area (Å²) in [6, 6.07) is 0. The fourth-order valence-corrected chi connectivity index (χ4v) is 1.39. The number of aliphatic carboxylic acids is 1. The molecule has 1 N–H and O–H groups in total. The molecular formula is C11H22O3. The number of hydrogen-bond acceptors (Lipinski definition) is 2. The Balaban J connectivity index is 3.23. The van der Waals surface area contributed by atoms with Crippen LogP contribution in [0.5, 0.6) is 0 Å². The van der Waals surface area contributed by atoms with Gasteiger partial charge in [-0.25, -0.2) is 0 Å². The van der Waals surface area contributed by atoms with Gasteiger partial charge in [-0.1, -0.05) is 13.8 Å². The Morgan fingerprint density at radius 2 is 1.93 bits per heavy atom. The average Bonchev–Trinajstić information content (AvgIpc) is 2.01. The van der Waals surface area contributed by atoms with E-state index in [4.69, 9.17) is 9.84 Å². The van der Waals surface area contributed by atoms with Crippen LogP contribution in [-0.4, -0.2) is 23.8 Å².